The first-order chi connectivity index (χ1) is 14.0. The zero-order valence-electron chi connectivity index (χ0n) is 16.4. The number of halogens is 1. The first-order valence-corrected chi connectivity index (χ1v) is 10.3. The molecule has 29 heavy (non-hydrogen) atoms. The quantitative estimate of drug-likeness (QED) is 0.584. The van der Waals surface area contributed by atoms with E-state index in [1.165, 1.54) is 0 Å². The number of carbonyl (C=O) groups excluding carboxylic acids is 1. The number of pyridine rings is 1. The molecule has 0 unspecified atom stereocenters. The molecular weight excluding hydrogens is 430 g/mol. The molecule has 3 heterocycles. The number of carbonyl (C=O) groups is 1. The number of imidazole rings is 1. The Balaban J connectivity index is 1.87. The molecule has 0 aliphatic carbocycles. The van der Waals surface area contributed by atoms with Gasteiger partial charge in [-0.15, -0.1) is 0 Å². The van der Waals surface area contributed by atoms with Gasteiger partial charge in [0.05, 0.1) is 17.1 Å². The number of allylic oxidation sites excluding steroid dienone is 1. The fourth-order valence-electron chi connectivity index (χ4n) is 3.44. The van der Waals surface area contributed by atoms with E-state index in [0.29, 0.717) is 6.42 Å². The van der Waals surface area contributed by atoms with E-state index in [9.17, 15) is 4.79 Å². The molecule has 2 aromatic heterocycles. The Hall–Kier alpha value is -2.93. The van der Waals surface area contributed by atoms with Gasteiger partial charge in [0, 0.05) is 54.2 Å². The lowest BCUT2D eigenvalue weighted by atomic mass is 10.1. The predicted molar refractivity (Wildman–Crippen MR) is 120 cm³/mol. The number of nitrogens with one attached hydrogen (secondary N) is 2. The molecule has 0 fully saturated rings. The fraction of sp³-hybridized carbons (Fsp3) is 0.227. The van der Waals surface area contributed by atoms with Crippen LogP contribution >= 0.6 is 15.9 Å². The number of amides is 1. The number of aryl methyl sites for hydroxylation is 1. The van der Waals surface area contributed by atoms with Crippen molar-refractivity contribution in [3.05, 3.63) is 64.8 Å². The zero-order valence-corrected chi connectivity index (χ0v) is 18.0. The van der Waals surface area contributed by atoms with E-state index in [-0.39, 0.29) is 5.91 Å². The van der Waals surface area contributed by atoms with Gasteiger partial charge in [0.2, 0.25) is 5.91 Å². The predicted octanol–water partition coefficient (Wildman–Crippen LogP) is 4.84. The van der Waals surface area contributed by atoms with Crippen LogP contribution in [0.15, 0.2) is 53.3 Å². The molecule has 1 aliphatic heterocycles. The largest absolute Gasteiger partial charge is 0.388 e. The average molecular weight is 452 g/mol. The van der Waals surface area contributed by atoms with Crippen molar-refractivity contribution in [2.45, 2.75) is 19.3 Å². The summed E-state index contributed by atoms with van der Waals surface area (Å²) >= 11 is 3.45. The van der Waals surface area contributed by atoms with Crippen LogP contribution in [0.3, 0.4) is 0 Å². The molecule has 4 rings (SSSR count). The second-order valence-corrected chi connectivity index (χ2v) is 7.91. The summed E-state index contributed by atoms with van der Waals surface area (Å²) < 4.78 is 2.95. The van der Waals surface area contributed by atoms with E-state index in [1.54, 1.807) is 6.20 Å². The highest BCUT2D eigenvalue weighted by atomic mass is 79.9. The number of nitrogens with zero attached hydrogens (tertiary/aromatic N) is 3. The normalized spacial score (nSPS) is 16.0. The van der Waals surface area contributed by atoms with E-state index in [2.05, 4.69) is 37.6 Å². The number of benzene rings is 1. The lowest BCUT2D eigenvalue weighted by Crippen LogP contribution is -2.12. The first-order valence-electron chi connectivity index (χ1n) is 9.53. The summed E-state index contributed by atoms with van der Waals surface area (Å²) in [6.45, 7) is 0. The summed E-state index contributed by atoms with van der Waals surface area (Å²) in [5.74, 6) is 0.860. The molecule has 0 radical (unpaired) electrons. The molecule has 0 spiro atoms. The molecule has 1 amide bonds. The molecule has 0 saturated carbocycles. The lowest BCUT2D eigenvalue weighted by Gasteiger charge is -2.13. The Labute approximate surface area is 178 Å². The third-order valence-electron chi connectivity index (χ3n) is 4.94. The standard InChI is InChI=1S/C22H22BrN5O/c1-24-15-8-9-16-19(11-15)26-21(29)6-4-3-5-17(18-10-7-14(23)12-25-18)22-27-20(16)13-28(22)2/h5,7-13,24H,3-4,6H2,1-2H3,(H,26,29)/b17-5-. The topological polar surface area (TPSA) is 71.8 Å². The van der Waals surface area contributed by atoms with Crippen LogP contribution in [0.1, 0.15) is 30.8 Å². The summed E-state index contributed by atoms with van der Waals surface area (Å²) in [7, 11) is 3.85. The summed E-state index contributed by atoms with van der Waals surface area (Å²) in [5.41, 5.74) is 5.24. The average Bonchev–Trinajstić information content (AvgIpc) is 3.09. The Morgan fingerprint density at radius 2 is 2.07 bits per heavy atom. The van der Waals surface area contributed by atoms with E-state index in [1.807, 2.05) is 55.2 Å². The van der Waals surface area contributed by atoms with Crippen molar-refractivity contribution in [1.29, 1.82) is 0 Å². The van der Waals surface area contributed by atoms with Crippen molar-refractivity contribution in [3.8, 4) is 11.3 Å². The van der Waals surface area contributed by atoms with Crippen LogP contribution in [-0.2, 0) is 11.8 Å². The number of hydrogen-bond acceptors (Lipinski definition) is 4. The van der Waals surface area contributed by atoms with Gasteiger partial charge in [-0.2, -0.15) is 0 Å². The van der Waals surface area contributed by atoms with E-state index in [4.69, 9.17) is 4.98 Å². The lowest BCUT2D eigenvalue weighted by molar-refractivity contribution is -0.116. The molecule has 1 aromatic carbocycles. The SMILES string of the molecule is CNc1ccc2c(c1)NC(=O)CCC/C=C(/c1ccc(Br)cn1)c1nc-2cn1C. The fourth-order valence-corrected chi connectivity index (χ4v) is 3.67. The van der Waals surface area contributed by atoms with Crippen molar-refractivity contribution < 1.29 is 4.79 Å². The summed E-state index contributed by atoms with van der Waals surface area (Å²) in [6.07, 6.45) is 7.89. The summed E-state index contributed by atoms with van der Waals surface area (Å²) in [5, 5.41) is 6.18. The molecule has 2 bridgehead atoms. The highest BCUT2D eigenvalue weighted by Crippen LogP contribution is 2.33. The Bertz CT molecular complexity index is 1090. The van der Waals surface area contributed by atoms with Gasteiger partial charge in [0.1, 0.15) is 5.82 Å². The first kappa shape index (κ1) is 19.4. The molecule has 7 heteroatoms. The summed E-state index contributed by atoms with van der Waals surface area (Å²) in [4.78, 5) is 22.0. The minimum absolute atomic E-state index is 0.00736. The van der Waals surface area contributed by atoms with Gasteiger partial charge in [0.25, 0.3) is 0 Å². The Morgan fingerprint density at radius 3 is 2.83 bits per heavy atom. The summed E-state index contributed by atoms with van der Waals surface area (Å²) in [6, 6.07) is 9.88. The smallest absolute Gasteiger partial charge is 0.224 e. The maximum atomic E-state index is 12.5. The van der Waals surface area contributed by atoms with Crippen LogP contribution in [0.5, 0.6) is 0 Å². The molecule has 3 aromatic rings. The van der Waals surface area contributed by atoms with Crippen LogP contribution in [0.4, 0.5) is 11.4 Å². The van der Waals surface area contributed by atoms with Crippen molar-refractivity contribution >= 4 is 38.8 Å². The highest BCUT2D eigenvalue weighted by Gasteiger charge is 2.18. The third kappa shape index (κ3) is 4.10. The number of fused-ring (bicyclic) bond motifs is 4. The molecular formula is C22H22BrN5O. The maximum absolute atomic E-state index is 12.5. The van der Waals surface area contributed by atoms with Gasteiger partial charge < -0.3 is 15.2 Å². The van der Waals surface area contributed by atoms with Gasteiger partial charge in [-0.25, -0.2) is 4.98 Å². The number of aromatic nitrogens is 3. The molecule has 148 valence electrons. The highest BCUT2D eigenvalue weighted by molar-refractivity contribution is 9.10. The second-order valence-electron chi connectivity index (χ2n) is 6.99. The second kappa shape index (κ2) is 8.21. The van der Waals surface area contributed by atoms with E-state index < -0.39 is 0 Å². The molecule has 0 saturated heterocycles. The minimum Gasteiger partial charge on any atom is -0.388 e. The van der Waals surface area contributed by atoms with Gasteiger partial charge in [-0.1, -0.05) is 6.08 Å². The van der Waals surface area contributed by atoms with E-state index >= 15 is 0 Å². The Morgan fingerprint density at radius 1 is 1.21 bits per heavy atom. The maximum Gasteiger partial charge on any atom is 0.224 e. The molecule has 2 N–H and O–H groups in total. The number of rotatable bonds is 2. The van der Waals surface area contributed by atoms with Crippen molar-refractivity contribution in [3.63, 3.8) is 0 Å². The van der Waals surface area contributed by atoms with Crippen LogP contribution in [0, 0.1) is 0 Å². The van der Waals surface area contributed by atoms with Gasteiger partial charge in [-0.05, 0) is 59.1 Å². The van der Waals surface area contributed by atoms with Crippen LogP contribution in [0.25, 0.3) is 16.8 Å². The monoisotopic (exact) mass is 451 g/mol. The van der Waals surface area contributed by atoms with Gasteiger partial charge in [-0.3, -0.25) is 9.78 Å². The van der Waals surface area contributed by atoms with Crippen molar-refractivity contribution in [2.75, 3.05) is 17.7 Å². The molecule has 6 nitrogen and oxygen atoms in total. The third-order valence-corrected chi connectivity index (χ3v) is 5.40. The Kier molecular flexibility index (Phi) is 5.49. The van der Waals surface area contributed by atoms with Gasteiger partial charge >= 0.3 is 0 Å². The van der Waals surface area contributed by atoms with Gasteiger partial charge in [0.15, 0.2) is 0 Å². The van der Waals surface area contributed by atoms with Crippen molar-refractivity contribution in [1.82, 2.24) is 14.5 Å². The zero-order chi connectivity index (χ0) is 20.4. The van der Waals surface area contributed by atoms with Crippen LogP contribution in [0.2, 0.25) is 0 Å². The molecule has 1 aliphatic rings. The minimum atomic E-state index is 0.00736. The van der Waals surface area contributed by atoms with Crippen LogP contribution < -0.4 is 10.6 Å². The van der Waals surface area contributed by atoms with E-state index in [0.717, 1.165) is 57.0 Å². The number of anilines is 2. The number of hydrogen-bond donors (Lipinski definition) is 2. The van der Waals surface area contributed by atoms with Crippen molar-refractivity contribution in [2.24, 2.45) is 7.05 Å². The molecule has 0 atom stereocenters. The van der Waals surface area contributed by atoms with Crippen LogP contribution in [-0.4, -0.2) is 27.5 Å².